The number of nitrogens with one attached hydrogen (secondary N) is 2. The number of aromatic amines is 1. The Bertz CT molecular complexity index is 2100. The number of carbonyl (C=O) groups excluding carboxylic acids is 1. The number of aromatic nitrogens is 3. The fourth-order valence-electron chi connectivity index (χ4n) is 5.96. The van der Waals surface area contributed by atoms with Crippen LogP contribution in [0.2, 0.25) is 0 Å². The van der Waals surface area contributed by atoms with E-state index in [0.29, 0.717) is 28.8 Å². The Balaban J connectivity index is 1.26. The number of hydrogen-bond donors (Lipinski definition) is 2. The Morgan fingerprint density at radius 2 is 1.83 bits per heavy atom. The van der Waals surface area contributed by atoms with Gasteiger partial charge in [0, 0.05) is 40.6 Å². The Morgan fingerprint density at radius 3 is 2.55 bits per heavy atom. The van der Waals surface area contributed by atoms with Crippen LogP contribution in [0.3, 0.4) is 0 Å². The minimum atomic E-state index is -4.03. The number of benzene rings is 2. The van der Waals surface area contributed by atoms with Crippen molar-refractivity contribution in [2.24, 2.45) is 0 Å². The van der Waals surface area contributed by atoms with E-state index in [1.807, 2.05) is 18.5 Å². The summed E-state index contributed by atoms with van der Waals surface area (Å²) < 4.78 is 29.2. The number of nitrogens with zero attached hydrogens (tertiary/aromatic N) is 3. The molecule has 2 saturated carbocycles. The highest BCUT2D eigenvalue weighted by atomic mass is 32.2. The van der Waals surface area contributed by atoms with Crippen LogP contribution < -0.4 is 10.3 Å². The first kappa shape index (κ1) is 26.2. The Hall–Kier alpha value is -4.75. The number of rotatable bonds is 8. The molecule has 10 heteroatoms. The van der Waals surface area contributed by atoms with Crippen LogP contribution in [0.1, 0.15) is 59.9 Å². The number of carbonyl (C=O) groups is 1. The van der Waals surface area contributed by atoms with Crippen LogP contribution >= 0.6 is 0 Å². The maximum Gasteiger partial charge on any atom is 0.262 e. The van der Waals surface area contributed by atoms with Gasteiger partial charge in [0.2, 0.25) is 21.6 Å². The quantitative estimate of drug-likeness (QED) is 0.241. The third kappa shape index (κ3) is 4.76. The summed E-state index contributed by atoms with van der Waals surface area (Å²) in [5, 5.41) is 2.75. The normalized spacial score (nSPS) is 15.1. The number of sulfonamides is 1. The Labute approximate surface area is 242 Å². The summed E-state index contributed by atoms with van der Waals surface area (Å²) in [5.74, 6) is -0.449. The van der Waals surface area contributed by atoms with Crippen molar-refractivity contribution < 1.29 is 13.2 Å². The molecule has 5 aromatic rings. The Morgan fingerprint density at radius 1 is 1.05 bits per heavy atom. The molecule has 0 saturated heterocycles. The lowest BCUT2D eigenvalue weighted by Gasteiger charge is -2.13. The van der Waals surface area contributed by atoms with E-state index in [9.17, 15) is 18.0 Å². The van der Waals surface area contributed by atoms with E-state index >= 15 is 0 Å². The molecule has 0 aliphatic heterocycles. The van der Waals surface area contributed by atoms with Crippen molar-refractivity contribution in [2.75, 3.05) is 0 Å². The smallest absolute Gasteiger partial charge is 0.262 e. The molecule has 1 amide bonds. The van der Waals surface area contributed by atoms with E-state index < -0.39 is 21.7 Å². The van der Waals surface area contributed by atoms with Crippen molar-refractivity contribution >= 4 is 43.3 Å². The second kappa shape index (κ2) is 9.96. The van der Waals surface area contributed by atoms with Crippen LogP contribution in [0.5, 0.6) is 0 Å². The predicted octanol–water partition coefficient (Wildman–Crippen LogP) is 5.36. The van der Waals surface area contributed by atoms with Crippen molar-refractivity contribution in [3.05, 3.63) is 111 Å². The molecular formula is C32H27N5O4S. The molecule has 0 bridgehead atoms. The molecule has 210 valence electrons. The molecule has 0 spiro atoms. The molecule has 2 aromatic carbocycles. The van der Waals surface area contributed by atoms with Crippen molar-refractivity contribution in [1.82, 2.24) is 19.3 Å². The van der Waals surface area contributed by atoms with Crippen LogP contribution in [-0.4, -0.2) is 28.9 Å². The molecule has 3 aromatic heterocycles. The summed E-state index contributed by atoms with van der Waals surface area (Å²) in [6, 6.07) is 13.8. The fraction of sp³-hybridized carbons (Fsp3) is 0.250. The van der Waals surface area contributed by atoms with Gasteiger partial charge < -0.3 is 4.98 Å². The van der Waals surface area contributed by atoms with Crippen LogP contribution in [0.4, 0.5) is 5.69 Å². The highest BCUT2D eigenvalue weighted by Crippen LogP contribution is 2.51. The Kier molecular flexibility index (Phi) is 6.21. The van der Waals surface area contributed by atoms with Gasteiger partial charge in [0.1, 0.15) is 0 Å². The lowest BCUT2D eigenvalue weighted by Crippen LogP contribution is -2.33. The minimum absolute atomic E-state index is 0.161. The fourth-order valence-corrected chi connectivity index (χ4v) is 7.07. The van der Waals surface area contributed by atoms with Gasteiger partial charge in [-0.15, -0.1) is 0 Å². The molecule has 2 aliphatic rings. The summed E-state index contributed by atoms with van der Waals surface area (Å²) in [7, 11) is -4.03. The summed E-state index contributed by atoms with van der Waals surface area (Å²) in [4.78, 5) is 37.6. The lowest BCUT2D eigenvalue weighted by molar-refractivity contribution is -0.118. The first-order chi connectivity index (χ1) is 20.3. The van der Waals surface area contributed by atoms with Gasteiger partial charge in [-0.25, -0.2) is 13.3 Å². The first-order valence-electron chi connectivity index (χ1n) is 13.9. The molecular weight excluding hydrogens is 550 g/mol. The topological polar surface area (TPSA) is 118 Å². The van der Waals surface area contributed by atoms with Crippen molar-refractivity contribution in [1.29, 1.82) is 0 Å². The molecule has 9 nitrogen and oxygen atoms in total. The highest BCUT2D eigenvalue weighted by molar-refractivity contribution is 7.89. The lowest BCUT2D eigenvalue weighted by atomic mass is 9.92. The van der Waals surface area contributed by atoms with Crippen LogP contribution in [0.25, 0.3) is 32.2 Å². The summed E-state index contributed by atoms with van der Waals surface area (Å²) in [6.45, 7) is 7.84. The summed E-state index contributed by atoms with van der Waals surface area (Å²) in [6.07, 6.45) is 9.38. The molecule has 0 unspecified atom stereocenters. The van der Waals surface area contributed by atoms with Gasteiger partial charge in [-0.3, -0.25) is 23.9 Å². The molecule has 0 atom stereocenters. The maximum atomic E-state index is 14.1. The number of fused-ring (bicyclic) bond motifs is 2. The van der Waals surface area contributed by atoms with Gasteiger partial charge in [0.15, 0.2) is 0 Å². The molecule has 2 fully saturated rings. The number of hydrogen-bond acceptors (Lipinski definition) is 5. The third-order valence-corrected chi connectivity index (χ3v) is 9.27. The molecule has 2 N–H and O–H groups in total. The van der Waals surface area contributed by atoms with Crippen molar-refractivity contribution in [3.8, 4) is 5.69 Å². The van der Waals surface area contributed by atoms with Crippen LogP contribution in [-0.2, 0) is 27.0 Å². The number of amides is 1. The van der Waals surface area contributed by atoms with Gasteiger partial charge in [0.05, 0.1) is 29.8 Å². The molecule has 42 heavy (non-hydrogen) atoms. The monoisotopic (exact) mass is 577 g/mol. The largest absolute Gasteiger partial charge is 0.361 e. The highest BCUT2D eigenvalue weighted by Gasteiger charge is 2.35. The molecule has 2 aliphatic carbocycles. The molecule has 3 heterocycles. The average molecular weight is 578 g/mol. The second-order valence-corrected chi connectivity index (χ2v) is 12.9. The van der Waals surface area contributed by atoms with Crippen molar-refractivity contribution in [3.63, 3.8) is 0 Å². The van der Waals surface area contributed by atoms with Gasteiger partial charge in [-0.1, -0.05) is 24.3 Å². The van der Waals surface area contributed by atoms with E-state index in [2.05, 4.69) is 25.6 Å². The zero-order valence-electron chi connectivity index (χ0n) is 22.6. The maximum absolute atomic E-state index is 14.1. The summed E-state index contributed by atoms with van der Waals surface area (Å²) >= 11 is 0. The zero-order chi connectivity index (χ0) is 29.0. The molecule has 0 radical (unpaired) electrons. The third-order valence-electron chi connectivity index (χ3n) is 8.02. The summed E-state index contributed by atoms with van der Waals surface area (Å²) in [5.41, 5.74) is 4.53. The van der Waals surface area contributed by atoms with Crippen LogP contribution in [0, 0.1) is 6.57 Å². The van der Waals surface area contributed by atoms with Gasteiger partial charge in [-0.05, 0) is 78.5 Å². The van der Waals surface area contributed by atoms with E-state index in [1.54, 1.807) is 34.9 Å². The van der Waals surface area contributed by atoms with E-state index in [0.717, 1.165) is 58.5 Å². The van der Waals surface area contributed by atoms with E-state index in [1.165, 1.54) is 12.3 Å². The standard InChI is InChI=1S/C32H27N5O4S/c1-33-25-15-19(18-42(40,41)36-27(38)16-22-5-2-3-13-34-22)7-12-26(25)37-17-24-29(21-10-11-21)31-23(6-4-14-35-31)28(20-8-9-20)30(24)32(37)39/h2-7,12-15,17,20-21,35H,8-11,16,18H2,(H,36,38). The number of H-pyrrole nitrogens is 1. The zero-order valence-corrected chi connectivity index (χ0v) is 23.4. The van der Waals surface area contributed by atoms with Crippen molar-refractivity contribution in [2.45, 2.75) is 49.7 Å². The minimum Gasteiger partial charge on any atom is -0.361 e. The second-order valence-electron chi connectivity index (χ2n) is 11.1. The molecule has 7 rings (SSSR count). The van der Waals surface area contributed by atoms with E-state index in [4.69, 9.17) is 6.57 Å². The van der Waals surface area contributed by atoms with Gasteiger partial charge in [0.25, 0.3) is 5.56 Å². The van der Waals surface area contributed by atoms with Crippen LogP contribution in [0.15, 0.2) is 71.9 Å². The number of pyridine rings is 2. The van der Waals surface area contributed by atoms with E-state index in [-0.39, 0.29) is 17.7 Å². The SMILES string of the molecule is [C-]#[N+]c1cc(CS(=O)(=O)NC(=O)Cc2ccccn2)ccc1-n1cc2c(C3CC3)c3[nH]cccc3c(C3CC3)c2c1=O. The first-order valence-corrected chi connectivity index (χ1v) is 15.6. The average Bonchev–Trinajstić information content (AvgIpc) is 3.90. The van der Waals surface area contributed by atoms with Gasteiger partial charge in [-0.2, -0.15) is 0 Å². The predicted molar refractivity (Wildman–Crippen MR) is 160 cm³/mol. The van der Waals surface area contributed by atoms with Gasteiger partial charge >= 0.3 is 0 Å².